The number of nitrogens with zero attached hydrogens (tertiary/aromatic N) is 1. The zero-order valence-corrected chi connectivity index (χ0v) is 16.2. The second-order valence-electron chi connectivity index (χ2n) is 4.63. The average molecular weight is 354 g/mol. The first kappa shape index (κ1) is 25.2. The van der Waals surface area contributed by atoms with Crippen LogP contribution in [-0.2, 0) is 0 Å². The van der Waals surface area contributed by atoms with Gasteiger partial charge in [0, 0.05) is 18.3 Å². The van der Waals surface area contributed by atoms with Crippen LogP contribution in [-0.4, -0.2) is 24.5 Å². The number of carbonyl (C=O) groups is 1. The van der Waals surface area contributed by atoms with Crippen LogP contribution in [0.5, 0.6) is 5.75 Å². The molecule has 26 heavy (non-hydrogen) atoms. The molecule has 140 valence electrons. The molecule has 0 spiro atoms. The first-order chi connectivity index (χ1) is 12.6. The minimum atomic E-state index is -0.0481. The van der Waals surface area contributed by atoms with Crippen LogP contribution < -0.4 is 4.74 Å². The molecule has 0 saturated heterocycles. The number of methoxy groups -OCH3 is 1. The Balaban J connectivity index is 0. The lowest BCUT2D eigenvalue weighted by Gasteiger charge is -2.16. The van der Waals surface area contributed by atoms with Crippen molar-refractivity contribution in [3.05, 3.63) is 105 Å². The fourth-order valence-electron chi connectivity index (χ4n) is 1.69. The summed E-state index contributed by atoms with van der Waals surface area (Å²) in [6, 6.07) is 7.09. The van der Waals surface area contributed by atoms with Crippen LogP contribution in [0.4, 0.5) is 0 Å². The highest BCUT2D eigenvalue weighted by Crippen LogP contribution is 2.13. The molecule has 0 aliphatic rings. The summed E-state index contributed by atoms with van der Waals surface area (Å²) in [6.45, 7) is 17.2. The van der Waals surface area contributed by atoms with Gasteiger partial charge in [-0.05, 0) is 38.1 Å². The SMILES string of the molecule is C=C.C=C/C=C\C=C/CN(/C=C/C)C(=O)c1ccc(OC)cc1.C=CC. The van der Waals surface area contributed by atoms with Crippen molar-refractivity contribution in [2.24, 2.45) is 0 Å². The van der Waals surface area contributed by atoms with E-state index in [1.165, 1.54) is 0 Å². The Kier molecular flexibility index (Phi) is 17.7. The number of benzene rings is 1. The Hall–Kier alpha value is -3.07. The molecule has 0 N–H and O–H groups in total. The van der Waals surface area contributed by atoms with Crippen LogP contribution in [0.3, 0.4) is 0 Å². The first-order valence-corrected chi connectivity index (χ1v) is 8.23. The number of allylic oxidation sites excluding steroid dienone is 6. The van der Waals surface area contributed by atoms with Crippen molar-refractivity contribution in [2.45, 2.75) is 13.8 Å². The summed E-state index contributed by atoms with van der Waals surface area (Å²) >= 11 is 0. The highest BCUT2D eigenvalue weighted by atomic mass is 16.5. The summed E-state index contributed by atoms with van der Waals surface area (Å²) in [5.74, 6) is 0.687. The maximum atomic E-state index is 12.4. The Morgan fingerprint density at radius 2 is 1.65 bits per heavy atom. The zero-order valence-electron chi connectivity index (χ0n) is 16.2. The monoisotopic (exact) mass is 353 g/mol. The summed E-state index contributed by atoms with van der Waals surface area (Å²) in [6.07, 6.45) is 14.6. The fraction of sp³-hybridized carbons (Fsp3) is 0.174. The van der Waals surface area contributed by atoms with Gasteiger partial charge in [-0.25, -0.2) is 0 Å². The number of hydrogen-bond donors (Lipinski definition) is 0. The van der Waals surface area contributed by atoms with E-state index in [9.17, 15) is 4.79 Å². The molecule has 0 unspecified atom stereocenters. The van der Waals surface area contributed by atoms with E-state index >= 15 is 0 Å². The normalized spacial score (nSPS) is 9.81. The van der Waals surface area contributed by atoms with Crippen LogP contribution >= 0.6 is 0 Å². The lowest BCUT2D eigenvalue weighted by molar-refractivity contribution is 0.0835. The lowest BCUT2D eigenvalue weighted by Crippen LogP contribution is -2.25. The van der Waals surface area contributed by atoms with Crippen LogP contribution in [0, 0.1) is 0 Å². The Labute approximate surface area is 159 Å². The second kappa shape index (κ2) is 18.3. The molecule has 0 heterocycles. The summed E-state index contributed by atoms with van der Waals surface area (Å²) in [7, 11) is 1.60. The molecule has 1 aromatic rings. The van der Waals surface area contributed by atoms with Crippen molar-refractivity contribution < 1.29 is 9.53 Å². The Bertz CT molecular complexity index is 595. The van der Waals surface area contributed by atoms with Gasteiger partial charge in [0.25, 0.3) is 5.91 Å². The van der Waals surface area contributed by atoms with Gasteiger partial charge in [-0.1, -0.05) is 49.1 Å². The minimum Gasteiger partial charge on any atom is -0.497 e. The van der Waals surface area contributed by atoms with E-state index in [0.29, 0.717) is 12.1 Å². The quantitative estimate of drug-likeness (QED) is 0.447. The molecule has 0 saturated carbocycles. The molecule has 0 radical (unpaired) electrons. The summed E-state index contributed by atoms with van der Waals surface area (Å²) in [5.41, 5.74) is 0.629. The summed E-state index contributed by atoms with van der Waals surface area (Å²) in [4.78, 5) is 14.1. The number of ether oxygens (including phenoxy) is 1. The average Bonchev–Trinajstić information content (AvgIpc) is 2.68. The van der Waals surface area contributed by atoms with E-state index in [1.807, 2.05) is 44.2 Å². The maximum Gasteiger partial charge on any atom is 0.258 e. The van der Waals surface area contributed by atoms with Gasteiger partial charge in [-0.15, -0.1) is 19.7 Å². The highest BCUT2D eigenvalue weighted by molar-refractivity contribution is 5.95. The van der Waals surface area contributed by atoms with E-state index in [1.54, 1.807) is 54.6 Å². The first-order valence-electron chi connectivity index (χ1n) is 8.23. The third-order valence-corrected chi connectivity index (χ3v) is 2.72. The molecular weight excluding hydrogens is 322 g/mol. The van der Waals surface area contributed by atoms with Crippen molar-refractivity contribution in [3.63, 3.8) is 0 Å². The lowest BCUT2D eigenvalue weighted by atomic mass is 10.2. The van der Waals surface area contributed by atoms with Crippen molar-refractivity contribution in [2.75, 3.05) is 13.7 Å². The molecule has 1 rings (SSSR count). The van der Waals surface area contributed by atoms with Gasteiger partial charge in [-0.3, -0.25) is 4.79 Å². The molecule has 0 aliphatic carbocycles. The second-order valence-corrected chi connectivity index (χ2v) is 4.63. The van der Waals surface area contributed by atoms with Gasteiger partial charge in [0.15, 0.2) is 0 Å². The predicted molar refractivity (Wildman–Crippen MR) is 114 cm³/mol. The standard InChI is InChI=1S/C18H21NO2.C3H6.C2H4/c1-4-6-7-8-9-15-19(14-5-2)18(20)16-10-12-17(21-3)13-11-16;1-3-2;1-2/h4-14H,1,15H2,2-3H3;3H,1H2,2H3;1-2H2/b7-6-,9-8-,14-5+;;. The third-order valence-electron chi connectivity index (χ3n) is 2.72. The highest BCUT2D eigenvalue weighted by Gasteiger charge is 2.11. The van der Waals surface area contributed by atoms with Crippen LogP contribution in [0.2, 0.25) is 0 Å². The van der Waals surface area contributed by atoms with Gasteiger partial charge in [0.05, 0.1) is 7.11 Å². The third kappa shape index (κ3) is 11.5. The molecule has 1 amide bonds. The molecule has 0 aromatic heterocycles. The van der Waals surface area contributed by atoms with Crippen molar-refractivity contribution in [3.8, 4) is 5.75 Å². The van der Waals surface area contributed by atoms with Crippen molar-refractivity contribution in [1.29, 1.82) is 0 Å². The number of hydrogen-bond acceptors (Lipinski definition) is 2. The van der Waals surface area contributed by atoms with Crippen LogP contribution in [0.15, 0.2) is 99.3 Å². The van der Waals surface area contributed by atoms with Crippen LogP contribution in [0.25, 0.3) is 0 Å². The van der Waals surface area contributed by atoms with Crippen molar-refractivity contribution >= 4 is 5.91 Å². The van der Waals surface area contributed by atoms with E-state index in [-0.39, 0.29) is 5.91 Å². The smallest absolute Gasteiger partial charge is 0.258 e. The molecule has 3 heteroatoms. The summed E-state index contributed by atoms with van der Waals surface area (Å²) < 4.78 is 5.09. The Morgan fingerprint density at radius 1 is 1.08 bits per heavy atom. The zero-order chi connectivity index (χ0) is 20.2. The number of amides is 1. The maximum absolute atomic E-state index is 12.4. The van der Waals surface area contributed by atoms with E-state index in [4.69, 9.17) is 4.74 Å². The Morgan fingerprint density at radius 3 is 2.12 bits per heavy atom. The molecule has 0 atom stereocenters. The largest absolute Gasteiger partial charge is 0.497 e. The van der Waals surface area contributed by atoms with Gasteiger partial charge in [-0.2, -0.15) is 0 Å². The van der Waals surface area contributed by atoms with Crippen LogP contribution in [0.1, 0.15) is 24.2 Å². The van der Waals surface area contributed by atoms with Gasteiger partial charge < -0.3 is 9.64 Å². The van der Waals surface area contributed by atoms with E-state index in [0.717, 1.165) is 5.75 Å². The summed E-state index contributed by atoms with van der Waals surface area (Å²) in [5, 5.41) is 0. The fourth-order valence-corrected chi connectivity index (χ4v) is 1.69. The van der Waals surface area contributed by atoms with Gasteiger partial charge >= 0.3 is 0 Å². The molecule has 3 nitrogen and oxygen atoms in total. The molecule has 0 bridgehead atoms. The number of carbonyl (C=O) groups excluding carboxylic acids is 1. The van der Waals surface area contributed by atoms with Gasteiger partial charge in [0.2, 0.25) is 0 Å². The van der Waals surface area contributed by atoms with E-state index < -0.39 is 0 Å². The van der Waals surface area contributed by atoms with Gasteiger partial charge in [0.1, 0.15) is 5.75 Å². The van der Waals surface area contributed by atoms with E-state index in [2.05, 4.69) is 26.3 Å². The number of rotatable bonds is 7. The molecule has 0 aliphatic heterocycles. The topological polar surface area (TPSA) is 29.5 Å². The van der Waals surface area contributed by atoms with Crippen molar-refractivity contribution in [1.82, 2.24) is 4.90 Å². The molecule has 1 aromatic carbocycles. The minimum absolute atomic E-state index is 0.0481. The molecular formula is C23H31NO2. The molecule has 0 fully saturated rings. The predicted octanol–water partition coefficient (Wildman–Crippen LogP) is 5.96.